The molecule has 1 atom stereocenters. The van der Waals surface area contributed by atoms with Crippen molar-refractivity contribution in [2.45, 2.75) is 19.4 Å². The van der Waals surface area contributed by atoms with Crippen LogP contribution in [-0.2, 0) is 10.3 Å². The van der Waals surface area contributed by atoms with Gasteiger partial charge in [0.15, 0.2) is 0 Å². The topological polar surface area (TPSA) is 49.4 Å². The van der Waals surface area contributed by atoms with E-state index in [1.165, 1.54) is 11.3 Å². The molecule has 1 saturated heterocycles. The minimum Gasteiger partial charge on any atom is -0.319 e. The second kappa shape index (κ2) is 4.22. The lowest BCUT2D eigenvalue weighted by atomic mass is 9.95. The standard InChI is InChI=1S/C12H12N2O2S/c1-3-4-6-14-10(15)12(2,13-11(14)16)9-5-7-17-8-9/h5,7-8H,6H2,1-2H3,(H,13,16). The summed E-state index contributed by atoms with van der Waals surface area (Å²) in [4.78, 5) is 25.1. The molecule has 3 amide bonds. The second-order valence-corrected chi connectivity index (χ2v) is 4.67. The first-order valence-corrected chi connectivity index (χ1v) is 6.10. The van der Waals surface area contributed by atoms with E-state index in [4.69, 9.17) is 0 Å². The van der Waals surface area contributed by atoms with Crippen LogP contribution in [0.3, 0.4) is 0 Å². The lowest BCUT2D eigenvalue weighted by Gasteiger charge is -2.19. The van der Waals surface area contributed by atoms with Crippen molar-refractivity contribution in [1.82, 2.24) is 10.2 Å². The van der Waals surface area contributed by atoms with Crippen molar-refractivity contribution < 1.29 is 9.59 Å². The number of amides is 3. The molecule has 17 heavy (non-hydrogen) atoms. The number of hydrogen-bond donors (Lipinski definition) is 1. The van der Waals surface area contributed by atoms with Crippen LogP contribution in [0.1, 0.15) is 19.4 Å². The number of imide groups is 1. The number of carbonyl (C=O) groups excluding carboxylic acids is 2. The molecule has 1 aromatic rings. The predicted octanol–water partition coefficient (Wildman–Crippen LogP) is 1.54. The Morgan fingerprint density at radius 2 is 2.29 bits per heavy atom. The van der Waals surface area contributed by atoms with Crippen LogP contribution in [0, 0.1) is 11.8 Å². The molecule has 1 unspecified atom stereocenters. The van der Waals surface area contributed by atoms with Crippen LogP contribution < -0.4 is 5.32 Å². The average molecular weight is 248 g/mol. The maximum atomic E-state index is 12.2. The summed E-state index contributed by atoms with van der Waals surface area (Å²) < 4.78 is 0. The number of nitrogens with one attached hydrogen (secondary N) is 1. The van der Waals surface area contributed by atoms with Crippen molar-refractivity contribution >= 4 is 23.3 Å². The fraction of sp³-hybridized carbons (Fsp3) is 0.333. The molecule has 1 aliphatic heterocycles. The fourth-order valence-corrected chi connectivity index (χ4v) is 2.51. The van der Waals surface area contributed by atoms with Gasteiger partial charge in [0, 0.05) is 0 Å². The van der Waals surface area contributed by atoms with Crippen LogP contribution in [0.2, 0.25) is 0 Å². The molecular weight excluding hydrogens is 236 g/mol. The van der Waals surface area contributed by atoms with Crippen LogP contribution in [0.4, 0.5) is 4.79 Å². The quantitative estimate of drug-likeness (QED) is 0.637. The number of hydrogen-bond acceptors (Lipinski definition) is 3. The summed E-state index contributed by atoms with van der Waals surface area (Å²) >= 11 is 1.50. The van der Waals surface area contributed by atoms with E-state index >= 15 is 0 Å². The summed E-state index contributed by atoms with van der Waals surface area (Å²) in [6.45, 7) is 3.53. The first kappa shape index (κ1) is 11.7. The zero-order valence-corrected chi connectivity index (χ0v) is 10.4. The monoisotopic (exact) mass is 248 g/mol. The highest BCUT2D eigenvalue weighted by atomic mass is 32.1. The first-order valence-electron chi connectivity index (χ1n) is 5.16. The minimum atomic E-state index is -0.952. The minimum absolute atomic E-state index is 0.140. The molecule has 2 heterocycles. The fourth-order valence-electron chi connectivity index (χ4n) is 1.74. The molecule has 2 rings (SSSR count). The number of thiophene rings is 1. The molecule has 0 radical (unpaired) electrons. The number of nitrogens with zero attached hydrogens (tertiary/aromatic N) is 1. The molecular formula is C12H12N2O2S. The van der Waals surface area contributed by atoms with E-state index in [-0.39, 0.29) is 18.5 Å². The Balaban J connectivity index is 2.31. The van der Waals surface area contributed by atoms with Gasteiger partial charge in [-0.2, -0.15) is 11.3 Å². The smallest absolute Gasteiger partial charge is 0.319 e. The summed E-state index contributed by atoms with van der Waals surface area (Å²) in [5, 5.41) is 6.47. The van der Waals surface area contributed by atoms with Crippen molar-refractivity contribution in [2.24, 2.45) is 0 Å². The third-order valence-corrected chi connectivity index (χ3v) is 3.47. The van der Waals surface area contributed by atoms with Gasteiger partial charge in [-0.05, 0) is 36.2 Å². The average Bonchev–Trinajstić information content (AvgIpc) is 2.88. The van der Waals surface area contributed by atoms with Gasteiger partial charge in [0.1, 0.15) is 5.54 Å². The van der Waals surface area contributed by atoms with Crippen LogP contribution in [-0.4, -0.2) is 23.4 Å². The number of rotatable bonds is 2. The maximum Gasteiger partial charge on any atom is 0.326 e. The Hall–Kier alpha value is -1.80. The third-order valence-electron chi connectivity index (χ3n) is 2.79. The second-order valence-electron chi connectivity index (χ2n) is 3.89. The highest BCUT2D eigenvalue weighted by Gasteiger charge is 2.48. The van der Waals surface area contributed by atoms with Crippen LogP contribution in [0.25, 0.3) is 0 Å². The Labute approximate surface area is 104 Å². The summed E-state index contributed by atoms with van der Waals surface area (Å²) in [5.74, 6) is 5.16. The zero-order valence-electron chi connectivity index (χ0n) is 9.61. The van der Waals surface area contributed by atoms with Crippen molar-refractivity contribution in [3.05, 3.63) is 22.4 Å². The van der Waals surface area contributed by atoms with Gasteiger partial charge in [-0.25, -0.2) is 4.79 Å². The molecule has 1 fully saturated rings. The van der Waals surface area contributed by atoms with E-state index in [1.807, 2.05) is 16.8 Å². The van der Waals surface area contributed by atoms with Crippen LogP contribution in [0.5, 0.6) is 0 Å². The number of urea groups is 1. The third kappa shape index (κ3) is 1.81. The normalized spacial score (nSPS) is 23.3. The maximum absolute atomic E-state index is 12.2. The molecule has 0 aromatic carbocycles. The van der Waals surface area contributed by atoms with Crippen molar-refractivity contribution in [2.75, 3.05) is 6.54 Å². The van der Waals surface area contributed by atoms with E-state index < -0.39 is 5.54 Å². The Morgan fingerprint density at radius 3 is 2.88 bits per heavy atom. The molecule has 0 spiro atoms. The predicted molar refractivity (Wildman–Crippen MR) is 65.4 cm³/mol. The summed E-state index contributed by atoms with van der Waals surface area (Å²) in [7, 11) is 0. The van der Waals surface area contributed by atoms with E-state index in [9.17, 15) is 9.59 Å². The van der Waals surface area contributed by atoms with Gasteiger partial charge in [0.2, 0.25) is 0 Å². The molecule has 88 valence electrons. The van der Waals surface area contributed by atoms with Gasteiger partial charge in [-0.15, -0.1) is 5.92 Å². The Kier molecular flexibility index (Phi) is 2.90. The first-order chi connectivity index (χ1) is 8.09. The largest absolute Gasteiger partial charge is 0.326 e. The lowest BCUT2D eigenvalue weighted by molar-refractivity contribution is -0.130. The molecule has 1 aromatic heterocycles. The van der Waals surface area contributed by atoms with Crippen molar-refractivity contribution in [3.63, 3.8) is 0 Å². The van der Waals surface area contributed by atoms with Crippen molar-refractivity contribution in [1.29, 1.82) is 0 Å². The molecule has 5 heteroatoms. The molecule has 0 aliphatic carbocycles. The molecule has 0 bridgehead atoms. The van der Waals surface area contributed by atoms with E-state index in [2.05, 4.69) is 17.2 Å². The molecule has 1 aliphatic rings. The highest BCUT2D eigenvalue weighted by Crippen LogP contribution is 2.29. The van der Waals surface area contributed by atoms with Crippen LogP contribution in [0.15, 0.2) is 16.8 Å². The van der Waals surface area contributed by atoms with Gasteiger partial charge >= 0.3 is 6.03 Å². The van der Waals surface area contributed by atoms with Gasteiger partial charge in [-0.3, -0.25) is 9.69 Å². The molecule has 4 nitrogen and oxygen atoms in total. The SMILES string of the molecule is CC#CCN1C(=O)NC(C)(c2ccsc2)C1=O. The lowest BCUT2D eigenvalue weighted by Crippen LogP contribution is -2.40. The summed E-state index contributed by atoms with van der Waals surface area (Å²) in [6, 6.07) is 1.46. The Bertz CT molecular complexity index is 512. The van der Waals surface area contributed by atoms with Gasteiger partial charge in [-0.1, -0.05) is 5.92 Å². The zero-order chi connectivity index (χ0) is 12.5. The summed E-state index contributed by atoms with van der Waals surface area (Å²) in [5.41, 5.74) is -0.139. The van der Waals surface area contributed by atoms with E-state index in [1.54, 1.807) is 13.8 Å². The highest BCUT2D eigenvalue weighted by molar-refractivity contribution is 7.08. The van der Waals surface area contributed by atoms with Crippen LogP contribution >= 0.6 is 11.3 Å². The molecule has 0 saturated carbocycles. The van der Waals surface area contributed by atoms with Gasteiger partial charge in [0.05, 0.1) is 6.54 Å². The van der Waals surface area contributed by atoms with Gasteiger partial charge < -0.3 is 5.32 Å². The van der Waals surface area contributed by atoms with E-state index in [0.717, 1.165) is 10.5 Å². The van der Waals surface area contributed by atoms with Gasteiger partial charge in [0.25, 0.3) is 5.91 Å². The summed E-state index contributed by atoms with van der Waals surface area (Å²) in [6.07, 6.45) is 0. The van der Waals surface area contributed by atoms with E-state index in [0.29, 0.717) is 0 Å². The Morgan fingerprint density at radius 1 is 1.53 bits per heavy atom. The number of carbonyl (C=O) groups is 2. The molecule has 1 N–H and O–H groups in total. The van der Waals surface area contributed by atoms with Crippen molar-refractivity contribution in [3.8, 4) is 11.8 Å².